The van der Waals surface area contributed by atoms with Gasteiger partial charge in [0.1, 0.15) is 0 Å². The van der Waals surface area contributed by atoms with Crippen molar-refractivity contribution in [3.05, 3.63) is 0 Å². The lowest BCUT2D eigenvalue weighted by molar-refractivity contribution is -0.0994. The van der Waals surface area contributed by atoms with Gasteiger partial charge in [0.15, 0.2) is 0 Å². The van der Waals surface area contributed by atoms with Crippen molar-refractivity contribution in [2.75, 3.05) is 32.7 Å². The molecule has 1 saturated carbocycles. The fourth-order valence-corrected chi connectivity index (χ4v) is 4.05. The van der Waals surface area contributed by atoms with Gasteiger partial charge in [-0.15, -0.1) is 0 Å². The van der Waals surface area contributed by atoms with Crippen LogP contribution in [-0.2, 0) is 0 Å². The number of hydrogen-bond donors (Lipinski definition) is 2. The molecule has 2 aliphatic rings. The Hall–Kier alpha value is -0.120. The number of rotatable bonds is 6. The minimum absolute atomic E-state index is 0.319. The molecule has 118 valence electrons. The van der Waals surface area contributed by atoms with Gasteiger partial charge in [0.05, 0.1) is 5.60 Å². The molecule has 0 aromatic rings. The maximum absolute atomic E-state index is 10.7. The van der Waals surface area contributed by atoms with Crippen molar-refractivity contribution in [2.24, 2.45) is 11.3 Å². The summed E-state index contributed by atoms with van der Waals surface area (Å²) in [4.78, 5) is 2.60. The van der Waals surface area contributed by atoms with E-state index in [9.17, 15) is 5.11 Å². The number of likely N-dealkylation sites (tertiary alicyclic amines) is 1. The summed E-state index contributed by atoms with van der Waals surface area (Å²) in [6, 6.07) is 0. The summed E-state index contributed by atoms with van der Waals surface area (Å²) in [5, 5.41) is 14.3. The van der Waals surface area contributed by atoms with E-state index in [0.717, 1.165) is 45.6 Å². The Labute approximate surface area is 125 Å². The molecule has 2 atom stereocenters. The summed E-state index contributed by atoms with van der Waals surface area (Å²) in [5.41, 5.74) is -0.0152. The minimum Gasteiger partial charge on any atom is -0.390 e. The maximum atomic E-state index is 10.7. The molecule has 3 nitrogen and oxygen atoms in total. The second kappa shape index (κ2) is 6.76. The third-order valence-electron chi connectivity index (χ3n) is 5.19. The van der Waals surface area contributed by atoms with Crippen LogP contribution in [0.1, 0.15) is 59.3 Å². The standard InChI is InChI=1S/C17H34N2O/c1-4-10-18-13-16(2,3)14-19-11-9-17(20)8-6-5-7-15(17)12-19/h15,18,20H,4-14H2,1-3H3. The van der Waals surface area contributed by atoms with Crippen LogP contribution in [-0.4, -0.2) is 48.3 Å². The SMILES string of the molecule is CCCNCC(C)(C)CN1CCC2(O)CCCCC2C1. The summed E-state index contributed by atoms with van der Waals surface area (Å²) >= 11 is 0. The second-order valence-electron chi connectivity index (χ2n) is 7.87. The van der Waals surface area contributed by atoms with Crippen LogP contribution in [0.25, 0.3) is 0 Å². The molecule has 1 aliphatic heterocycles. The molecule has 3 heteroatoms. The molecule has 1 heterocycles. The predicted octanol–water partition coefficient (Wildman–Crippen LogP) is 2.64. The summed E-state index contributed by atoms with van der Waals surface area (Å²) < 4.78 is 0. The second-order valence-corrected chi connectivity index (χ2v) is 7.87. The predicted molar refractivity (Wildman–Crippen MR) is 84.9 cm³/mol. The number of nitrogens with zero attached hydrogens (tertiary/aromatic N) is 1. The van der Waals surface area contributed by atoms with E-state index in [1.165, 1.54) is 25.7 Å². The van der Waals surface area contributed by atoms with E-state index >= 15 is 0 Å². The lowest BCUT2D eigenvalue weighted by Crippen LogP contribution is -2.55. The molecule has 0 spiro atoms. The monoisotopic (exact) mass is 282 g/mol. The van der Waals surface area contributed by atoms with Crippen LogP contribution in [0.2, 0.25) is 0 Å². The van der Waals surface area contributed by atoms with E-state index in [1.54, 1.807) is 0 Å². The molecule has 0 aromatic carbocycles. The first kappa shape index (κ1) is 16.3. The normalized spacial score (nSPS) is 32.1. The van der Waals surface area contributed by atoms with E-state index in [2.05, 4.69) is 31.0 Å². The average Bonchev–Trinajstić information content (AvgIpc) is 2.39. The van der Waals surface area contributed by atoms with E-state index in [-0.39, 0.29) is 5.60 Å². The number of piperidine rings is 1. The van der Waals surface area contributed by atoms with Crippen molar-refractivity contribution in [1.29, 1.82) is 0 Å². The number of hydrogen-bond acceptors (Lipinski definition) is 3. The minimum atomic E-state index is -0.334. The highest BCUT2D eigenvalue weighted by Gasteiger charge is 2.43. The third kappa shape index (κ3) is 4.19. The van der Waals surface area contributed by atoms with Crippen LogP contribution in [0.5, 0.6) is 0 Å². The Bertz CT molecular complexity index is 305. The molecule has 2 fully saturated rings. The van der Waals surface area contributed by atoms with Gasteiger partial charge in [-0.1, -0.05) is 33.6 Å². The lowest BCUT2D eigenvalue weighted by atomic mass is 9.71. The van der Waals surface area contributed by atoms with Gasteiger partial charge in [0.25, 0.3) is 0 Å². The van der Waals surface area contributed by atoms with Crippen molar-refractivity contribution < 1.29 is 5.11 Å². The van der Waals surface area contributed by atoms with Gasteiger partial charge >= 0.3 is 0 Å². The largest absolute Gasteiger partial charge is 0.390 e. The molecular weight excluding hydrogens is 248 g/mol. The van der Waals surface area contributed by atoms with Crippen molar-refractivity contribution in [3.8, 4) is 0 Å². The fraction of sp³-hybridized carbons (Fsp3) is 1.00. The first-order valence-corrected chi connectivity index (χ1v) is 8.61. The first-order valence-electron chi connectivity index (χ1n) is 8.61. The van der Waals surface area contributed by atoms with Crippen molar-refractivity contribution in [3.63, 3.8) is 0 Å². The van der Waals surface area contributed by atoms with Gasteiger partial charge in [-0.05, 0) is 37.6 Å². The van der Waals surface area contributed by atoms with Gasteiger partial charge in [0.2, 0.25) is 0 Å². The van der Waals surface area contributed by atoms with Gasteiger partial charge in [0, 0.05) is 32.1 Å². The average molecular weight is 282 g/mol. The summed E-state index contributed by atoms with van der Waals surface area (Å²) in [6.07, 6.45) is 6.97. The van der Waals surface area contributed by atoms with Crippen LogP contribution in [0.3, 0.4) is 0 Å². The third-order valence-corrected chi connectivity index (χ3v) is 5.19. The van der Waals surface area contributed by atoms with E-state index in [1.807, 2.05) is 0 Å². The summed E-state index contributed by atoms with van der Waals surface area (Å²) in [5.74, 6) is 0.518. The molecule has 20 heavy (non-hydrogen) atoms. The zero-order valence-corrected chi connectivity index (χ0v) is 13.7. The fourth-order valence-electron chi connectivity index (χ4n) is 4.05. The highest BCUT2D eigenvalue weighted by molar-refractivity contribution is 4.96. The molecule has 2 unspecified atom stereocenters. The molecule has 0 radical (unpaired) electrons. The first-order chi connectivity index (χ1) is 9.45. The van der Waals surface area contributed by atoms with Crippen molar-refractivity contribution in [2.45, 2.75) is 64.9 Å². The highest BCUT2D eigenvalue weighted by Crippen LogP contribution is 2.40. The van der Waals surface area contributed by atoms with E-state index in [0.29, 0.717) is 11.3 Å². The highest BCUT2D eigenvalue weighted by atomic mass is 16.3. The zero-order valence-electron chi connectivity index (χ0n) is 13.7. The van der Waals surface area contributed by atoms with Crippen LogP contribution < -0.4 is 5.32 Å². The van der Waals surface area contributed by atoms with E-state index in [4.69, 9.17) is 0 Å². The molecule has 0 aromatic heterocycles. The number of fused-ring (bicyclic) bond motifs is 1. The Morgan fingerprint density at radius 1 is 1.30 bits per heavy atom. The Balaban J connectivity index is 1.82. The summed E-state index contributed by atoms with van der Waals surface area (Å²) in [6.45, 7) is 12.5. The lowest BCUT2D eigenvalue weighted by Gasteiger charge is -2.48. The van der Waals surface area contributed by atoms with Gasteiger partial charge in [-0.3, -0.25) is 0 Å². The molecule has 1 saturated heterocycles. The molecular formula is C17H34N2O. The maximum Gasteiger partial charge on any atom is 0.0700 e. The summed E-state index contributed by atoms with van der Waals surface area (Å²) in [7, 11) is 0. The zero-order chi connectivity index (χ0) is 14.6. The number of aliphatic hydroxyl groups is 1. The molecule has 2 rings (SSSR count). The van der Waals surface area contributed by atoms with Crippen LogP contribution in [0, 0.1) is 11.3 Å². The molecule has 0 bridgehead atoms. The Morgan fingerprint density at radius 2 is 2.10 bits per heavy atom. The molecule has 0 amide bonds. The van der Waals surface area contributed by atoms with Crippen LogP contribution >= 0.6 is 0 Å². The van der Waals surface area contributed by atoms with Gasteiger partial charge < -0.3 is 15.3 Å². The van der Waals surface area contributed by atoms with Gasteiger partial charge in [-0.25, -0.2) is 0 Å². The number of nitrogens with one attached hydrogen (secondary N) is 1. The van der Waals surface area contributed by atoms with E-state index < -0.39 is 0 Å². The molecule has 1 aliphatic carbocycles. The van der Waals surface area contributed by atoms with Gasteiger partial charge in [-0.2, -0.15) is 0 Å². The topological polar surface area (TPSA) is 35.5 Å². The van der Waals surface area contributed by atoms with Crippen molar-refractivity contribution >= 4 is 0 Å². The Morgan fingerprint density at radius 3 is 2.85 bits per heavy atom. The van der Waals surface area contributed by atoms with Crippen molar-refractivity contribution in [1.82, 2.24) is 10.2 Å². The molecule has 2 N–H and O–H groups in total. The quantitative estimate of drug-likeness (QED) is 0.735. The Kier molecular flexibility index (Phi) is 5.49. The van der Waals surface area contributed by atoms with Crippen LogP contribution in [0.4, 0.5) is 0 Å². The smallest absolute Gasteiger partial charge is 0.0700 e. The van der Waals surface area contributed by atoms with Crippen LogP contribution in [0.15, 0.2) is 0 Å².